The second-order valence-electron chi connectivity index (χ2n) is 6.25. The number of aliphatic hydroxyl groups excluding tert-OH is 1. The van der Waals surface area contributed by atoms with Crippen LogP contribution in [0.1, 0.15) is 19.3 Å². The Morgan fingerprint density at radius 1 is 1.45 bits per heavy atom. The van der Waals surface area contributed by atoms with E-state index in [1.807, 2.05) is 4.90 Å². The Balaban J connectivity index is 1.59. The van der Waals surface area contributed by atoms with Gasteiger partial charge in [-0.25, -0.2) is 0 Å². The van der Waals surface area contributed by atoms with Gasteiger partial charge in [-0.3, -0.25) is 4.79 Å². The summed E-state index contributed by atoms with van der Waals surface area (Å²) in [5.74, 6) is 0.810. The van der Waals surface area contributed by atoms with Crippen LogP contribution in [0.5, 0.6) is 5.75 Å². The molecule has 22 heavy (non-hydrogen) atoms. The Labute approximate surface area is 140 Å². The molecule has 4 nitrogen and oxygen atoms in total. The van der Waals surface area contributed by atoms with Crippen LogP contribution in [-0.2, 0) is 4.79 Å². The van der Waals surface area contributed by atoms with Crippen molar-refractivity contribution in [2.45, 2.75) is 19.3 Å². The summed E-state index contributed by atoms with van der Waals surface area (Å²) >= 11 is 11.9. The van der Waals surface area contributed by atoms with E-state index in [2.05, 4.69) is 0 Å². The van der Waals surface area contributed by atoms with Crippen molar-refractivity contribution in [2.75, 3.05) is 26.3 Å². The molecule has 0 aromatic heterocycles. The predicted molar refractivity (Wildman–Crippen MR) is 85.4 cm³/mol. The molecular formula is C16H19Cl2NO3. The van der Waals surface area contributed by atoms with Crippen LogP contribution >= 0.6 is 23.2 Å². The maximum atomic E-state index is 12.3. The van der Waals surface area contributed by atoms with Gasteiger partial charge in [0.1, 0.15) is 5.75 Å². The number of rotatable bonds is 4. The number of benzene rings is 1. The van der Waals surface area contributed by atoms with Gasteiger partial charge in [0.25, 0.3) is 5.91 Å². The highest BCUT2D eigenvalue weighted by Crippen LogP contribution is 2.48. The van der Waals surface area contributed by atoms with Crippen LogP contribution in [0.4, 0.5) is 0 Å². The van der Waals surface area contributed by atoms with Crippen LogP contribution in [0.25, 0.3) is 0 Å². The van der Waals surface area contributed by atoms with E-state index >= 15 is 0 Å². The molecule has 1 aromatic rings. The van der Waals surface area contributed by atoms with Crippen molar-refractivity contribution >= 4 is 29.1 Å². The monoisotopic (exact) mass is 343 g/mol. The lowest BCUT2D eigenvalue weighted by Gasteiger charge is -2.25. The molecule has 1 aliphatic heterocycles. The van der Waals surface area contributed by atoms with Gasteiger partial charge in [-0.15, -0.1) is 0 Å². The molecule has 3 rings (SSSR count). The van der Waals surface area contributed by atoms with Crippen LogP contribution < -0.4 is 4.74 Å². The molecule has 1 saturated heterocycles. The number of halogens is 2. The first-order chi connectivity index (χ1) is 10.5. The van der Waals surface area contributed by atoms with Crippen LogP contribution in [0.15, 0.2) is 18.2 Å². The molecular weight excluding hydrogens is 325 g/mol. The van der Waals surface area contributed by atoms with Crippen LogP contribution in [0, 0.1) is 11.3 Å². The zero-order valence-corrected chi connectivity index (χ0v) is 13.7. The van der Waals surface area contributed by atoms with Crippen molar-refractivity contribution in [1.82, 2.24) is 4.90 Å². The number of hydrogen-bond donors (Lipinski definition) is 1. The largest absolute Gasteiger partial charge is 0.482 e. The number of hydrogen-bond acceptors (Lipinski definition) is 3. The van der Waals surface area contributed by atoms with E-state index in [-0.39, 0.29) is 24.5 Å². The minimum atomic E-state index is -0.0897. The maximum Gasteiger partial charge on any atom is 0.260 e. The number of carbonyl (C=O) groups excluding carboxylic acids is 1. The van der Waals surface area contributed by atoms with Crippen molar-refractivity contribution in [1.29, 1.82) is 0 Å². The molecule has 0 bridgehead atoms. The summed E-state index contributed by atoms with van der Waals surface area (Å²) in [6, 6.07) is 4.92. The Hall–Kier alpha value is -0.970. The highest BCUT2D eigenvalue weighted by Gasteiger charge is 2.50. The first-order valence-electron chi connectivity index (χ1n) is 7.50. The van der Waals surface area contributed by atoms with Crippen LogP contribution in [0.3, 0.4) is 0 Å². The van der Waals surface area contributed by atoms with Crippen molar-refractivity contribution in [2.24, 2.45) is 11.3 Å². The fraction of sp³-hybridized carbons (Fsp3) is 0.562. The average Bonchev–Trinajstić information content (AvgIpc) is 3.03. The second kappa shape index (κ2) is 6.26. The zero-order valence-electron chi connectivity index (χ0n) is 12.2. The highest BCUT2D eigenvalue weighted by molar-refractivity contribution is 6.35. The quantitative estimate of drug-likeness (QED) is 0.914. The molecule has 1 aliphatic carbocycles. The smallest absolute Gasteiger partial charge is 0.260 e. The highest BCUT2D eigenvalue weighted by atomic mass is 35.5. The first-order valence-corrected chi connectivity index (χ1v) is 8.26. The predicted octanol–water partition coefficient (Wildman–Crippen LogP) is 2.99. The lowest BCUT2D eigenvalue weighted by Crippen LogP contribution is -2.36. The molecule has 120 valence electrons. The molecule has 1 N–H and O–H groups in total. The molecule has 0 radical (unpaired) electrons. The van der Waals surface area contributed by atoms with Gasteiger partial charge in [0.15, 0.2) is 6.61 Å². The van der Waals surface area contributed by atoms with Crippen molar-refractivity contribution in [3.05, 3.63) is 28.2 Å². The normalized spacial score (nSPS) is 27.0. The average molecular weight is 344 g/mol. The van der Waals surface area contributed by atoms with Gasteiger partial charge in [0.05, 0.1) is 11.6 Å². The maximum absolute atomic E-state index is 12.3. The third-order valence-electron chi connectivity index (χ3n) is 4.95. The number of nitrogens with zero attached hydrogens (tertiary/aromatic N) is 1. The van der Waals surface area contributed by atoms with E-state index in [0.29, 0.717) is 28.3 Å². The lowest BCUT2D eigenvalue weighted by atomic mass is 9.82. The number of likely N-dealkylation sites (tertiary alicyclic amines) is 1. The molecule has 0 spiro atoms. The number of carbonyl (C=O) groups is 1. The molecule has 2 aliphatic rings. The molecule has 1 aromatic carbocycles. The van der Waals surface area contributed by atoms with Gasteiger partial charge >= 0.3 is 0 Å². The Bertz CT molecular complexity index is 581. The van der Waals surface area contributed by atoms with Gasteiger partial charge in [-0.05, 0) is 37.0 Å². The van der Waals surface area contributed by atoms with E-state index in [1.54, 1.807) is 18.2 Å². The van der Waals surface area contributed by atoms with Crippen molar-refractivity contribution < 1.29 is 14.6 Å². The number of fused-ring (bicyclic) bond motifs is 1. The summed E-state index contributed by atoms with van der Waals surface area (Å²) in [6.45, 7) is 1.46. The lowest BCUT2D eigenvalue weighted by molar-refractivity contribution is -0.133. The molecule has 1 amide bonds. The van der Waals surface area contributed by atoms with Gasteiger partial charge in [0.2, 0.25) is 0 Å². The van der Waals surface area contributed by atoms with E-state index in [0.717, 1.165) is 25.8 Å². The fourth-order valence-corrected chi connectivity index (χ4v) is 4.15. The third-order valence-corrected chi connectivity index (χ3v) is 5.48. The van der Waals surface area contributed by atoms with Crippen LogP contribution in [0.2, 0.25) is 10.0 Å². The fourth-order valence-electron chi connectivity index (χ4n) is 3.69. The summed E-state index contributed by atoms with van der Waals surface area (Å²) in [4.78, 5) is 14.1. The zero-order chi connectivity index (χ0) is 15.7. The number of aliphatic hydroxyl groups is 1. The molecule has 2 atom stereocenters. The van der Waals surface area contributed by atoms with Gasteiger partial charge in [-0.2, -0.15) is 0 Å². The molecule has 2 fully saturated rings. The summed E-state index contributed by atoms with van der Waals surface area (Å²) in [6.07, 6.45) is 3.24. The van der Waals surface area contributed by atoms with Crippen molar-refractivity contribution in [3.63, 3.8) is 0 Å². The van der Waals surface area contributed by atoms with E-state index in [1.165, 1.54) is 0 Å². The Kier molecular flexibility index (Phi) is 4.53. The van der Waals surface area contributed by atoms with Gasteiger partial charge in [-0.1, -0.05) is 29.6 Å². The van der Waals surface area contributed by atoms with Crippen molar-refractivity contribution in [3.8, 4) is 5.75 Å². The first kappa shape index (κ1) is 15.9. The molecule has 0 unspecified atom stereocenters. The van der Waals surface area contributed by atoms with E-state index < -0.39 is 0 Å². The Morgan fingerprint density at radius 2 is 2.27 bits per heavy atom. The molecule has 1 saturated carbocycles. The SMILES string of the molecule is O=C(COc1ccc(Cl)cc1Cl)N1C[C@H]2CCC[C@@]2(CO)C1. The number of amides is 1. The molecule has 1 heterocycles. The summed E-state index contributed by atoms with van der Waals surface area (Å²) < 4.78 is 5.51. The minimum absolute atomic E-state index is 0.0461. The summed E-state index contributed by atoms with van der Waals surface area (Å²) in [5.41, 5.74) is -0.0897. The van der Waals surface area contributed by atoms with Crippen LogP contribution in [-0.4, -0.2) is 42.2 Å². The van der Waals surface area contributed by atoms with Gasteiger partial charge in [0, 0.05) is 23.5 Å². The topological polar surface area (TPSA) is 49.8 Å². The van der Waals surface area contributed by atoms with E-state index in [4.69, 9.17) is 27.9 Å². The minimum Gasteiger partial charge on any atom is -0.482 e. The summed E-state index contributed by atoms with van der Waals surface area (Å²) in [7, 11) is 0. The Morgan fingerprint density at radius 3 is 2.95 bits per heavy atom. The summed E-state index contributed by atoms with van der Waals surface area (Å²) in [5, 5.41) is 10.6. The van der Waals surface area contributed by atoms with E-state index in [9.17, 15) is 9.90 Å². The number of ether oxygens (including phenoxy) is 1. The molecule has 6 heteroatoms. The second-order valence-corrected chi connectivity index (χ2v) is 7.09. The standard InChI is InChI=1S/C16H19Cl2NO3/c17-12-3-4-14(13(18)6-12)22-8-15(21)19-7-11-2-1-5-16(11,9-19)10-20/h3-4,6,11,20H,1-2,5,7-10H2/t11-,16+/m1/s1. The van der Waals surface area contributed by atoms with Gasteiger partial charge < -0.3 is 14.7 Å². The third kappa shape index (κ3) is 2.92.